The van der Waals surface area contributed by atoms with Crippen LogP contribution >= 0.6 is 11.6 Å². The van der Waals surface area contributed by atoms with Crippen LogP contribution in [0.15, 0.2) is 0 Å². The summed E-state index contributed by atoms with van der Waals surface area (Å²) in [5.74, 6) is 0.145. The number of halogens is 1. The van der Waals surface area contributed by atoms with E-state index >= 15 is 0 Å². The maximum absolute atomic E-state index is 9.56. The van der Waals surface area contributed by atoms with Crippen LogP contribution < -0.4 is 0 Å². The monoisotopic (exact) mass is 206 g/mol. The Bertz CT molecular complexity index is 205. The fourth-order valence-corrected chi connectivity index (χ4v) is 3.07. The summed E-state index contributed by atoms with van der Waals surface area (Å²) in [6, 6.07) is 0. The van der Waals surface area contributed by atoms with E-state index in [-0.39, 0.29) is 11.3 Å². The van der Waals surface area contributed by atoms with Gasteiger partial charge in [-0.1, -0.05) is 0 Å². The zero-order chi connectivity index (χ0) is 9.64. The highest BCUT2D eigenvalue weighted by Gasteiger charge is 2.62. The van der Waals surface area contributed by atoms with Gasteiger partial charge >= 0.3 is 0 Å². The standard InChI is InChI=1S/C9H15ClO3/c1-12-9(13-2)4-5-6(9)3-7(11)8(5)10/h5-8,11H,3-4H2,1-2H3/t5-,6-,7+,8+/m1/s1. The molecule has 4 heteroatoms. The molecule has 0 aromatic rings. The summed E-state index contributed by atoms with van der Waals surface area (Å²) in [6.45, 7) is 0. The van der Waals surface area contributed by atoms with Gasteiger partial charge in [0.05, 0.1) is 11.5 Å². The quantitative estimate of drug-likeness (QED) is 0.541. The predicted octanol–water partition coefficient (Wildman–Crippen LogP) is 0.984. The molecular formula is C9H15ClO3. The Hall–Kier alpha value is 0.170. The number of rotatable bonds is 2. The summed E-state index contributed by atoms with van der Waals surface area (Å²) in [4.78, 5) is 0. The van der Waals surface area contributed by atoms with Gasteiger partial charge < -0.3 is 14.6 Å². The lowest BCUT2D eigenvalue weighted by Gasteiger charge is -2.50. The second kappa shape index (κ2) is 3.09. The minimum Gasteiger partial charge on any atom is -0.392 e. The smallest absolute Gasteiger partial charge is 0.171 e. The highest BCUT2D eigenvalue weighted by Crippen LogP contribution is 2.57. The van der Waals surface area contributed by atoms with E-state index in [1.807, 2.05) is 0 Å². The summed E-state index contributed by atoms with van der Waals surface area (Å²) >= 11 is 6.04. The topological polar surface area (TPSA) is 38.7 Å². The van der Waals surface area contributed by atoms with Crippen molar-refractivity contribution < 1.29 is 14.6 Å². The molecule has 0 unspecified atom stereocenters. The minimum atomic E-state index is -0.477. The Morgan fingerprint density at radius 3 is 2.46 bits per heavy atom. The molecular weight excluding hydrogens is 192 g/mol. The van der Waals surface area contributed by atoms with Crippen molar-refractivity contribution in [2.24, 2.45) is 11.8 Å². The van der Waals surface area contributed by atoms with E-state index < -0.39 is 11.9 Å². The molecule has 0 aromatic heterocycles. The maximum atomic E-state index is 9.56. The van der Waals surface area contributed by atoms with Gasteiger partial charge in [0, 0.05) is 26.6 Å². The van der Waals surface area contributed by atoms with Gasteiger partial charge in [-0.25, -0.2) is 0 Å². The van der Waals surface area contributed by atoms with Crippen molar-refractivity contribution in [3.8, 4) is 0 Å². The molecule has 0 saturated heterocycles. The van der Waals surface area contributed by atoms with Crippen LogP contribution in [0.2, 0.25) is 0 Å². The second-order valence-electron chi connectivity index (χ2n) is 3.94. The van der Waals surface area contributed by atoms with Crippen molar-refractivity contribution in [2.45, 2.75) is 30.1 Å². The molecule has 13 heavy (non-hydrogen) atoms. The van der Waals surface area contributed by atoms with Gasteiger partial charge in [0.2, 0.25) is 0 Å². The van der Waals surface area contributed by atoms with Gasteiger partial charge in [0.1, 0.15) is 0 Å². The van der Waals surface area contributed by atoms with Crippen molar-refractivity contribution >= 4 is 11.6 Å². The molecule has 2 aliphatic rings. The molecule has 2 rings (SSSR count). The fourth-order valence-electron chi connectivity index (χ4n) is 2.70. The number of hydrogen-bond acceptors (Lipinski definition) is 3. The molecule has 0 aliphatic heterocycles. The highest BCUT2D eigenvalue weighted by molar-refractivity contribution is 6.21. The summed E-state index contributed by atoms with van der Waals surface area (Å²) in [5.41, 5.74) is 0. The summed E-state index contributed by atoms with van der Waals surface area (Å²) in [5, 5.41) is 9.44. The van der Waals surface area contributed by atoms with Crippen LogP contribution in [0.25, 0.3) is 0 Å². The van der Waals surface area contributed by atoms with Gasteiger partial charge in [-0.2, -0.15) is 0 Å². The maximum Gasteiger partial charge on any atom is 0.171 e. The predicted molar refractivity (Wildman–Crippen MR) is 48.6 cm³/mol. The molecule has 0 bridgehead atoms. The lowest BCUT2D eigenvalue weighted by atomic mass is 9.70. The average molecular weight is 207 g/mol. The Labute approximate surface area is 83.0 Å². The zero-order valence-corrected chi connectivity index (χ0v) is 8.62. The van der Waals surface area contributed by atoms with Crippen LogP contribution in [0.3, 0.4) is 0 Å². The van der Waals surface area contributed by atoms with Gasteiger partial charge in [0.15, 0.2) is 5.79 Å². The van der Waals surface area contributed by atoms with Crippen LogP contribution in [0.4, 0.5) is 0 Å². The van der Waals surface area contributed by atoms with Crippen LogP contribution in [-0.4, -0.2) is 36.6 Å². The molecule has 2 aliphatic carbocycles. The first-order valence-corrected chi connectivity index (χ1v) is 5.00. The van der Waals surface area contributed by atoms with Crippen molar-refractivity contribution in [1.29, 1.82) is 0 Å². The van der Waals surface area contributed by atoms with Crippen molar-refractivity contribution in [2.75, 3.05) is 14.2 Å². The number of methoxy groups -OCH3 is 2. The van der Waals surface area contributed by atoms with Gasteiger partial charge in [-0.05, 0) is 12.3 Å². The lowest BCUT2D eigenvalue weighted by molar-refractivity contribution is -0.303. The third-order valence-electron chi connectivity index (χ3n) is 3.57. The Morgan fingerprint density at radius 1 is 1.38 bits per heavy atom. The molecule has 0 heterocycles. The molecule has 4 atom stereocenters. The first-order chi connectivity index (χ1) is 6.14. The lowest BCUT2D eigenvalue weighted by Crippen LogP contribution is -2.56. The molecule has 1 N–H and O–H groups in total. The van der Waals surface area contributed by atoms with Gasteiger partial charge in [0.25, 0.3) is 0 Å². The minimum absolute atomic E-state index is 0.122. The highest BCUT2D eigenvalue weighted by atomic mass is 35.5. The average Bonchev–Trinajstić information content (AvgIpc) is 2.33. The Kier molecular flexibility index (Phi) is 2.31. The van der Waals surface area contributed by atoms with E-state index in [2.05, 4.69) is 0 Å². The zero-order valence-electron chi connectivity index (χ0n) is 7.87. The normalized spacial score (nSPS) is 47.1. The number of hydrogen-bond donors (Lipinski definition) is 1. The van der Waals surface area contributed by atoms with E-state index in [9.17, 15) is 5.11 Å². The Morgan fingerprint density at radius 2 is 2.00 bits per heavy atom. The first kappa shape index (κ1) is 9.71. The third-order valence-corrected chi connectivity index (χ3v) is 4.18. The van der Waals surface area contributed by atoms with Crippen molar-refractivity contribution in [3.63, 3.8) is 0 Å². The summed E-state index contributed by atoms with van der Waals surface area (Å²) < 4.78 is 10.7. The number of aliphatic hydroxyl groups excluding tert-OH is 1. The van der Waals surface area contributed by atoms with E-state index in [1.54, 1.807) is 14.2 Å². The van der Waals surface area contributed by atoms with Crippen molar-refractivity contribution in [1.82, 2.24) is 0 Å². The van der Waals surface area contributed by atoms with Crippen LogP contribution in [0.5, 0.6) is 0 Å². The molecule has 0 aromatic carbocycles. The molecule has 2 fully saturated rings. The van der Waals surface area contributed by atoms with E-state index in [0.717, 1.165) is 6.42 Å². The van der Waals surface area contributed by atoms with Gasteiger partial charge in [-0.3, -0.25) is 0 Å². The van der Waals surface area contributed by atoms with Gasteiger partial charge in [-0.15, -0.1) is 11.6 Å². The molecule has 2 saturated carbocycles. The molecule has 0 radical (unpaired) electrons. The number of alkyl halides is 1. The fraction of sp³-hybridized carbons (Fsp3) is 1.00. The number of aliphatic hydroxyl groups is 1. The summed E-state index contributed by atoms with van der Waals surface area (Å²) in [7, 11) is 3.29. The van der Waals surface area contributed by atoms with Crippen LogP contribution in [-0.2, 0) is 9.47 Å². The second-order valence-corrected chi connectivity index (χ2v) is 4.45. The summed E-state index contributed by atoms with van der Waals surface area (Å²) in [6.07, 6.45) is 1.10. The molecule has 0 spiro atoms. The van der Waals surface area contributed by atoms with E-state index in [4.69, 9.17) is 21.1 Å². The van der Waals surface area contributed by atoms with Crippen molar-refractivity contribution in [3.05, 3.63) is 0 Å². The van der Waals surface area contributed by atoms with Crippen LogP contribution in [0.1, 0.15) is 12.8 Å². The Balaban J connectivity index is 2.10. The van der Waals surface area contributed by atoms with E-state index in [1.165, 1.54) is 0 Å². The largest absolute Gasteiger partial charge is 0.392 e. The molecule has 76 valence electrons. The third kappa shape index (κ3) is 1.14. The van der Waals surface area contributed by atoms with E-state index in [0.29, 0.717) is 12.3 Å². The molecule has 3 nitrogen and oxygen atoms in total. The molecule has 0 amide bonds. The number of fused-ring (bicyclic) bond motifs is 1. The first-order valence-electron chi connectivity index (χ1n) is 4.57. The SMILES string of the molecule is COC1(OC)C[C@H]2[C@H](Cl)[C@@H](O)C[C@H]21. The number of ether oxygens (including phenoxy) is 2. The van der Waals surface area contributed by atoms with Crippen LogP contribution in [0, 0.1) is 11.8 Å².